The maximum absolute atomic E-state index is 12.3. The maximum Gasteiger partial charge on any atom is 0.437 e. The molecule has 0 heterocycles. The molecule has 0 aliphatic rings. The zero-order chi connectivity index (χ0) is 11.6. The van der Waals surface area contributed by atoms with Crippen LogP contribution in [-0.2, 0) is 0 Å². The highest BCUT2D eigenvalue weighted by Gasteiger charge is 2.37. The molecule has 1 N–H and O–H groups in total. The van der Waals surface area contributed by atoms with E-state index in [1.807, 2.05) is 0 Å². The van der Waals surface area contributed by atoms with Gasteiger partial charge in [0.15, 0.2) is 5.71 Å². The number of rotatable bonds is 1. The summed E-state index contributed by atoms with van der Waals surface area (Å²) in [4.78, 5) is 0. The van der Waals surface area contributed by atoms with Gasteiger partial charge in [0.2, 0.25) is 0 Å². The number of benzene rings is 1. The first-order chi connectivity index (χ1) is 6.86. The van der Waals surface area contributed by atoms with E-state index in [1.54, 1.807) is 0 Å². The van der Waals surface area contributed by atoms with Crippen LogP contribution in [0.3, 0.4) is 0 Å². The first-order valence-electron chi connectivity index (χ1n) is 3.61. The normalized spacial score (nSPS) is 13.0. The second-order valence-electron chi connectivity index (χ2n) is 2.58. The molecule has 1 aromatic carbocycles. The van der Waals surface area contributed by atoms with Gasteiger partial charge in [-0.15, -0.1) is 0 Å². The van der Waals surface area contributed by atoms with Crippen molar-refractivity contribution in [1.29, 1.82) is 0 Å². The summed E-state index contributed by atoms with van der Waals surface area (Å²) in [6.07, 6.45) is -4.74. The molecular formula is C8H4Cl2F3NO. The Morgan fingerprint density at radius 3 is 2.20 bits per heavy atom. The zero-order valence-corrected chi connectivity index (χ0v) is 8.53. The summed E-state index contributed by atoms with van der Waals surface area (Å²) in [5.74, 6) is 0. The number of halogens is 5. The van der Waals surface area contributed by atoms with E-state index in [9.17, 15) is 13.2 Å². The molecule has 0 bridgehead atoms. The highest BCUT2D eigenvalue weighted by Crippen LogP contribution is 2.27. The number of oxime groups is 1. The molecule has 82 valence electrons. The first-order valence-corrected chi connectivity index (χ1v) is 4.36. The van der Waals surface area contributed by atoms with Crippen LogP contribution in [0.25, 0.3) is 0 Å². The van der Waals surface area contributed by atoms with Crippen LogP contribution in [0.2, 0.25) is 10.0 Å². The Morgan fingerprint density at radius 2 is 1.80 bits per heavy atom. The second kappa shape index (κ2) is 4.28. The fourth-order valence-electron chi connectivity index (χ4n) is 0.922. The van der Waals surface area contributed by atoms with Gasteiger partial charge in [0, 0.05) is 5.56 Å². The van der Waals surface area contributed by atoms with E-state index in [2.05, 4.69) is 5.16 Å². The molecule has 0 saturated carbocycles. The minimum Gasteiger partial charge on any atom is -0.410 e. The van der Waals surface area contributed by atoms with Crippen molar-refractivity contribution in [2.45, 2.75) is 6.18 Å². The minimum atomic E-state index is -4.74. The lowest BCUT2D eigenvalue weighted by Gasteiger charge is -2.08. The largest absolute Gasteiger partial charge is 0.437 e. The van der Waals surface area contributed by atoms with Gasteiger partial charge < -0.3 is 5.21 Å². The Bertz CT molecular complexity index is 403. The highest BCUT2D eigenvalue weighted by atomic mass is 35.5. The predicted molar refractivity (Wildman–Crippen MR) is 50.8 cm³/mol. The van der Waals surface area contributed by atoms with E-state index in [-0.39, 0.29) is 15.6 Å². The monoisotopic (exact) mass is 257 g/mol. The van der Waals surface area contributed by atoms with Gasteiger partial charge in [-0.05, 0) is 12.1 Å². The molecule has 7 heteroatoms. The smallest absolute Gasteiger partial charge is 0.410 e. The van der Waals surface area contributed by atoms with Crippen molar-refractivity contribution in [3.63, 3.8) is 0 Å². The van der Waals surface area contributed by atoms with Crippen LogP contribution in [-0.4, -0.2) is 17.1 Å². The van der Waals surface area contributed by atoms with Gasteiger partial charge in [0.25, 0.3) is 0 Å². The van der Waals surface area contributed by atoms with Crippen LogP contribution in [0.1, 0.15) is 5.56 Å². The average molecular weight is 258 g/mol. The lowest BCUT2D eigenvalue weighted by atomic mass is 10.1. The molecule has 1 aromatic rings. The van der Waals surface area contributed by atoms with Gasteiger partial charge >= 0.3 is 6.18 Å². The Labute approximate surface area is 92.9 Å². The lowest BCUT2D eigenvalue weighted by Crippen LogP contribution is -2.24. The number of alkyl halides is 3. The number of hydrogen-bond donors (Lipinski definition) is 1. The van der Waals surface area contributed by atoms with E-state index >= 15 is 0 Å². The van der Waals surface area contributed by atoms with Gasteiger partial charge in [-0.25, -0.2) is 0 Å². The molecule has 0 radical (unpaired) electrons. The molecule has 0 spiro atoms. The quantitative estimate of drug-likeness (QED) is 0.464. The summed E-state index contributed by atoms with van der Waals surface area (Å²) in [5, 5.41) is 10.5. The second-order valence-corrected chi connectivity index (χ2v) is 3.39. The third-order valence-electron chi connectivity index (χ3n) is 1.56. The average Bonchev–Trinajstić information content (AvgIpc) is 2.10. The van der Waals surface area contributed by atoms with Crippen LogP contribution in [0.4, 0.5) is 13.2 Å². The van der Waals surface area contributed by atoms with Crippen molar-refractivity contribution in [3.05, 3.63) is 33.8 Å². The molecule has 0 unspecified atom stereocenters. The molecule has 0 aliphatic carbocycles. The number of nitrogens with zero attached hydrogens (tertiary/aromatic N) is 1. The standard InChI is InChI=1S/C8H4Cl2F3NO/c9-5-2-1-4(3-6(5)10)7(14-15)8(11,12)13/h1-3,15H/b14-7-. The summed E-state index contributed by atoms with van der Waals surface area (Å²) in [6, 6.07) is 3.24. The fourth-order valence-corrected chi connectivity index (χ4v) is 1.22. The molecule has 0 aromatic heterocycles. The van der Waals surface area contributed by atoms with Gasteiger partial charge in [-0.3, -0.25) is 0 Å². The van der Waals surface area contributed by atoms with Crippen molar-refractivity contribution >= 4 is 28.9 Å². The van der Waals surface area contributed by atoms with Gasteiger partial charge in [-0.2, -0.15) is 13.2 Å². The predicted octanol–water partition coefficient (Wildman–Crippen LogP) is 3.73. The zero-order valence-electron chi connectivity index (χ0n) is 7.02. The van der Waals surface area contributed by atoms with E-state index < -0.39 is 11.9 Å². The van der Waals surface area contributed by atoms with E-state index in [1.165, 1.54) is 6.07 Å². The molecule has 0 saturated heterocycles. The van der Waals surface area contributed by atoms with Crippen molar-refractivity contribution in [1.82, 2.24) is 0 Å². The maximum atomic E-state index is 12.3. The Balaban J connectivity index is 3.21. The van der Waals surface area contributed by atoms with Crippen molar-refractivity contribution in [2.24, 2.45) is 5.16 Å². The summed E-state index contributed by atoms with van der Waals surface area (Å²) in [7, 11) is 0. The van der Waals surface area contributed by atoms with E-state index in [4.69, 9.17) is 28.4 Å². The fraction of sp³-hybridized carbons (Fsp3) is 0.125. The highest BCUT2D eigenvalue weighted by molar-refractivity contribution is 6.42. The van der Waals surface area contributed by atoms with Crippen molar-refractivity contribution in [3.8, 4) is 0 Å². The van der Waals surface area contributed by atoms with Crippen LogP contribution in [0.5, 0.6) is 0 Å². The summed E-state index contributed by atoms with van der Waals surface area (Å²) in [5.41, 5.74) is -1.76. The number of hydrogen-bond acceptors (Lipinski definition) is 2. The molecule has 1 rings (SSSR count). The van der Waals surface area contributed by atoms with Gasteiger partial charge in [0.1, 0.15) is 0 Å². The summed E-state index contributed by atoms with van der Waals surface area (Å²) >= 11 is 11.1. The molecule has 0 atom stereocenters. The van der Waals surface area contributed by atoms with E-state index in [0.29, 0.717) is 0 Å². The molecule has 15 heavy (non-hydrogen) atoms. The molecule has 0 fully saturated rings. The summed E-state index contributed by atoms with van der Waals surface area (Å²) < 4.78 is 36.8. The molecule has 0 amide bonds. The van der Waals surface area contributed by atoms with Crippen molar-refractivity contribution in [2.75, 3.05) is 0 Å². The van der Waals surface area contributed by atoms with Gasteiger partial charge in [-0.1, -0.05) is 34.4 Å². The van der Waals surface area contributed by atoms with Gasteiger partial charge in [0.05, 0.1) is 10.0 Å². The van der Waals surface area contributed by atoms with Crippen LogP contribution in [0, 0.1) is 0 Å². The van der Waals surface area contributed by atoms with Crippen LogP contribution >= 0.6 is 23.2 Å². The van der Waals surface area contributed by atoms with E-state index in [0.717, 1.165) is 12.1 Å². The summed E-state index contributed by atoms with van der Waals surface area (Å²) in [6.45, 7) is 0. The Hall–Kier alpha value is -0.940. The Morgan fingerprint density at radius 1 is 1.20 bits per heavy atom. The minimum absolute atomic E-state index is 0.0421. The topological polar surface area (TPSA) is 32.6 Å². The molecular weight excluding hydrogens is 254 g/mol. The third-order valence-corrected chi connectivity index (χ3v) is 2.30. The lowest BCUT2D eigenvalue weighted by molar-refractivity contribution is -0.0601. The van der Waals surface area contributed by atoms with Crippen molar-refractivity contribution < 1.29 is 18.4 Å². The third kappa shape index (κ3) is 2.76. The first kappa shape index (κ1) is 12.1. The van der Waals surface area contributed by atoms with Crippen LogP contribution < -0.4 is 0 Å². The molecule has 0 aliphatic heterocycles. The van der Waals surface area contributed by atoms with Crippen LogP contribution in [0.15, 0.2) is 23.4 Å². The SMILES string of the molecule is O/N=C(/c1ccc(Cl)c(Cl)c1)C(F)(F)F. The molecule has 2 nitrogen and oxygen atoms in total. The Kier molecular flexibility index (Phi) is 3.46.